The molecule has 33 heavy (non-hydrogen) atoms. The number of benzene rings is 2. The molecule has 0 spiro atoms. The average molecular weight is 448 g/mol. The number of nitrogens with one attached hydrogen (secondary N) is 2. The molecule has 2 N–H and O–H groups in total. The highest BCUT2D eigenvalue weighted by molar-refractivity contribution is 6.06. The van der Waals surface area contributed by atoms with E-state index < -0.39 is 5.76 Å². The SMILES string of the molecule is COc1ccc2cc(C(=O)Nc3ccc4oc(=O)n(CC(=O)N5CCCCC5)c4c3)[nH]c2c1. The van der Waals surface area contributed by atoms with Crippen molar-refractivity contribution in [3.05, 3.63) is 58.7 Å². The molecule has 0 radical (unpaired) electrons. The summed E-state index contributed by atoms with van der Waals surface area (Å²) >= 11 is 0. The Morgan fingerprint density at radius 3 is 2.70 bits per heavy atom. The zero-order valence-corrected chi connectivity index (χ0v) is 18.2. The molecule has 2 amide bonds. The van der Waals surface area contributed by atoms with Crippen LogP contribution in [-0.4, -0.2) is 46.5 Å². The number of likely N-dealkylation sites (tertiary alicyclic amines) is 1. The molecular weight excluding hydrogens is 424 g/mol. The van der Waals surface area contributed by atoms with Crippen LogP contribution in [-0.2, 0) is 11.3 Å². The van der Waals surface area contributed by atoms with Gasteiger partial charge in [0.15, 0.2) is 5.58 Å². The fourth-order valence-corrected chi connectivity index (χ4v) is 4.22. The number of nitrogens with zero attached hydrogens (tertiary/aromatic N) is 2. The largest absolute Gasteiger partial charge is 0.497 e. The Labute approximate surface area is 188 Å². The summed E-state index contributed by atoms with van der Waals surface area (Å²) in [5.41, 5.74) is 2.49. The summed E-state index contributed by atoms with van der Waals surface area (Å²) < 4.78 is 11.8. The fourth-order valence-electron chi connectivity index (χ4n) is 4.22. The van der Waals surface area contributed by atoms with Crippen LogP contribution in [0.4, 0.5) is 5.69 Å². The summed E-state index contributed by atoms with van der Waals surface area (Å²) in [5.74, 6) is -0.337. The van der Waals surface area contributed by atoms with E-state index in [4.69, 9.17) is 9.15 Å². The van der Waals surface area contributed by atoms with Gasteiger partial charge in [0, 0.05) is 35.7 Å². The number of rotatable bonds is 5. The number of aromatic amines is 1. The number of carbonyl (C=O) groups excluding carboxylic acids is 2. The van der Waals surface area contributed by atoms with Crippen LogP contribution < -0.4 is 15.8 Å². The minimum atomic E-state index is -0.594. The van der Waals surface area contributed by atoms with E-state index in [-0.39, 0.29) is 18.4 Å². The van der Waals surface area contributed by atoms with Crippen molar-refractivity contribution in [2.24, 2.45) is 0 Å². The number of carbonyl (C=O) groups is 2. The molecule has 3 heterocycles. The molecular formula is C24H24N4O5. The molecule has 1 saturated heterocycles. The molecule has 0 unspecified atom stereocenters. The van der Waals surface area contributed by atoms with E-state index in [2.05, 4.69) is 10.3 Å². The monoisotopic (exact) mass is 448 g/mol. The van der Waals surface area contributed by atoms with E-state index in [9.17, 15) is 14.4 Å². The molecule has 0 atom stereocenters. The fraction of sp³-hybridized carbons (Fsp3) is 0.292. The molecule has 5 rings (SSSR count). The van der Waals surface area contributed by atoms with E-state index in [1.54, 1.807) is 36.3 Å². The number of methoxy groups -OCH3 is 1. The predicted octanol–water partition coefficient (Wildman–Crippen LogP) is 3.35. The number of hydrogen-bond acceptors (Lipinski definition) is 5. The number of anilines is 1. The van der Waals surface area contributed by atoms with Crippen LogP contribution in [0, 0.1) is 0 Å². The maximum atomic E-state index is 12.8. The normalized spacial score (nSPS) is 14.0. The molecule has 1 aliphatic heterocycles. The lowest BCUT2D eigenvalue weighted by molar-refractivity contribution is -0.132. The third-order valence-electron chi connectivity index (χ3n) is 6.00. The highest BCUT2D eigenvalue weighted by atomic mass is 16.5. The molecule has 170 valence electrons. The van der Waals surface area contributed by atoms with Gasteiger partial charge < -0.3 is 24.4 Å². The Hall–Kier alpha value is -4.01. The average Bonchev–Trinajstić information content (AvgIpc) is 3.40. The van der Waals surface area contributed by atoms with Gasteiger partial charge in [0.2, 0.25) is 5.91 Å². The van der Waals surface area contributed by atoms with Crippen LogP contribution in [0.5, 0.6) is 5.75 Å². The minimum Gasteiger partial charge on any atom is -0.497 e. The number of hydrogen-bond donors (Lipinski definition) is 2. The van der Waals surface area contributed by atoms with Gasteiger partial charge in [-0.2, -0.15) is 0 Å². The highest BCUT2D eigenvalue weighted by Crippen LogP contribution is 2.23. The number of aromatic nitrogens is 2. The van der Waals surface area contributed by atoms with Crippen LogP contribution in [0.25, 0.3) is 22.0 Å². The maximum absolute atomic E-state index is 12.8. The Morgan fingerprint density at radius 2 is 1.91 bits per heavy atom. The summed E-state index contributed by atoms with van der Waals surface area (Å²) in [5, 5.41) is 3.72. The second-order valence-corrected chi connectivity index (χ2v) is 8.17. The van der Waals surface area contributed by atoms with Crippen molar-refractivity contribution < 1.29 is 18.7 Å². The Morgan fingerprint density at radius 1 is 1.09 bits per heavy atom. The lowest BCUT2D eigenvalue weighted by Gasteiger charge is -2.26. The van der Waals surface area contributed by atoms with Crippen molar-refractivity contribution in [3.63, 3.8) is 0 Å². The van der Waals surface area contributed by atoms with Crippen molar-refractivity contribution in [2.75, 3.05) is 25.5 Å². The van der Waals surface area contributed by atoms with Crippen LogP contribution in [0.3, 0.4) is 0 Å². The van der Waals surface area contributed by atoms with Gasteiger partial charge in [0.1, 0.15) is 18.0 Å². The summed E-state index contributed by atoms with van der Waals surface area (Å²) in [6.07, 6.45) is 3.07. The van der Waals surface area contributed by atoms with Crippen molar-refractivity contribution in [2.45, 2.75) is 25.8 Å². The molecule has 1 aliphatic rings. The van der Waals surface area contributed by atoms with Gasteiger partial charge in [0.05, 0.1) is 12.6 Å². The Kier molecular flexibility index (Phi) is 5.37. The van der Waals surface area contributed by atoms with Gasteiger partial charge in [-0.05, 0) is 55.7 Å². The maximum Gasteiger partial charge on any atom is 0.420 e. The molecule has 0 saturated carbocycles. The van der Waals surface area contributed by atoms with Gasteiger partial charge in [-0.1, -0.05) is 0 Å². The zero-order chi connectivity index (χ0) is 22.9. The second kappa shape index (κ2) is 8.50. The summed E-state index contributed by atoms with van der Waals surface area (Å²) in [6, 6.07) is 12.2. The van der Waals surface area contributed by atoms with Crippen molar-refractivity contribution in [1.29, 1.82) is 0 Å². The van der Waals surface area contributed by atoms with E-state index in [0.29, 0.717) is 41.3 Å². The minimum absolute atomic E-state index is 0.0902. The van der Waals surface area contributed by atoms with E-state index in [1.807, 2.05) is 18.2 Å². The number of oxazole rings is 1. The summed E-state index contributed by atoms with van der Waals surface area (Å²) in [6.45, 7) is 1.33. The van der Waals surface area contributed by atoms with Gasteiger partial charge in [0.25, 0.3) is 5.91 Å². The quantitative estimate of drug-likeness (QED) is 0.487. The lowest BCUT2D eigenvalue weighted by atomic mass is 10.1. The molecule has 1 fully saturated rings. The molecule has 0 aliphatic carbocycles. The third-order valence-corrected chi connectivity index (χ3v) is 6.00. The third kappa shape index (κ3) is 4.09. The first-order valence-electron chi connectivity index (χ1n) is 10.9. The van der Waals surface area contributed by atoms with E-state index in [1.165, 1.54) is 4.57 Å². The van der Waals surface area contributed by atoms with Gasteiger partial charge in [-0.25, -0.2) is 4.79 Å². The number of fused-ring (bicyclic) bond motifs is 2. The Bertz CT molecular complexity index is 1410. The van der Waals surface area contributed by atoms with Crippen molar-refractivity contribution in [3.8, 4) is 5.75 Å². The highest BCUT2D eigenvalue weighted by Gasteiger charge is 2.20. The molecule has 9 nitrogen and oxygen atoms in total. The zero-order valence-electron chi connectivity index (χ0n) is 18.2. The van der Waals surface area contributed by atoms with Gasteiger partial charge in [-0.3, -0.25) is 14.2 Å². The smallest absolute Gasteiger partial charge is 0.420 e. The molecule has 2 aromatic heterocycles. The summed E-state index contributed by atoms with van der Waals surface area (Å²) in [4.78, 5) is 42.8. The predicted molar refractivity (Wildman–Crippen MR) is 124 cm³/mol. The van der Waals surface area contributed by atoms with Crippen LogP contribution >= 0.6 is 0 Å². The van der Waals surface area contributed by atoms with Crippen LogP contribution in [0.2, 0.25) is 0 Å². The molecule has 4 aromatic rings. The standard InChI is InChI=1S/C24H24N4O5/c1-32-17-7-5-15-11-19(26-18(15)13-17)23(30)25-16-6-8-21-20(12-16)28(24(31)33-21)14-22(29)27-9-3-2-4-10-27/h5-8,11-13,26H,2-4,9-10,14H2,1H3,(H,25,30). The number of H-pyrrole nitrogens is 1. The number of ether oxygens (including phenoxy) is 1. The molecule has 0 bridgehead atoms. The first-order valence-corrected chi connectivity index (χ1v) is 10.9. The van der Waals surface area contributed by atoms with E-state index >= 15 is 0 Å². The first-order chi connectivity index (χ1) is 16.0. The topological polar surface area (TPSA) is 110 Å². The first kappa shape index (κ1) is 20.9. The molecule has 2 aromatic carbocycles. The van der Waals surface area contributed by atoms with Crippen LogP contribution in [0.1, 0.15) is 29.8 Å². The number of piperidine rings is 1. The van der Waals surface area contributed by atoms with Gasteiger partial charge >= 0.3 is 5.76 Å². The van der Waals surface area contributed by atoms with Crippen LogP contribution in [0.15, 0.2) is 51.7 Å². The van der Waals surface area contributed by atoms with E-state index in [0.717, 1.165) is 30.2 Å². The Balaban J connectivity index is 1.38. The second-order valence-electron chi connectivity index (χ2n) is 8.17. The van der Waals surface area contributed by atoms with Crippen molar-refractivity contribution >= 4 is 39.5 Å². The lowest BCUT2D eigenvalue weighted by Crippen LogP contribution is -2.39. The van der Waals surface area contributed by atoms with Gasteiger partial charge in [-0.15, -0.1) is 0 Å². The van der Waals surface area contributed by atoms with Crippen molar-refractivity contribution in [1.82, 2.24) is 14.5 Å². The molecule has 9 heteroatoms. The number of amides is 2. The summed E-state index contributed by atoms with van der Waals surface area (Å²) in [7, 11) is 1.59.